The molecule has 3 fully saturated rings. The van der Waals surface area contributed by atoms with Crippen LogP contribution in [0.1, 0.15) is 32.1 Å². The summed E-state index contributed by atoms with van der Waals surface area (Å²) < 4.78 is 27.2. The lowest BCUT2D eigenvalue weighted by molar-refractivity contribution is -0.135. The lowest BCUT2D eigenvalue weighted by atomic mass is 9.75. The zero-order chi connectivity index (χ0) is 18.9. The Bertz CT molecular complexity index is 742. The van der Waals surface area contributed by atoms with Crippen molar-refractivity contribution in [3.05, 3.63) is 17.5 Å². The number of piperidine rings is 1. The number of thiophene rings is 1. The van der Waals surface area contributed by atoms with Crippen LogP contribution >= 0.6 is 11.3 Å². The predicted molar refractivity (Wildman–Crippen MR) is 106 cm³/mol. The summed E-state index contributed by atoms with van der Waals surface area (Å²) in [5, 5.41) is 1.79. The smallest absolute Gasteiger partial charge is 0.252 e. The first-order valence-electron chi connectivity index (χ1n) is 10.1. The van der Waals surface area contributed by atoms with Crippen LogP contribution in [0.4, 0.5) is 0 Å². The molecule has 3 aliphatic rings. The molecule has 1 amide bonds. The molecule has 1 aliphatic carbocycles. The van der Waals surface area contributed by atoms with E-state index in [4.69, 9.17) is 0 Å². The van der Waals surface area contributed by atoms with E-state index in [0.717, 1.165) is 25.4 Å². The molecule has 0 spiro atoms. The van der Waals surface area contributed by atoms with Crippen LogP contribution < -0.4 is 0 Å². The summed E-state index contributed by atoms with van der Waals surface area (Å²) in [4.78, 5) is 16.9. The van der Waals surface area contributed by atoms with E-state index in [0.29, 0.717) is 42.9 Å². The largest absolute Gasteiger partial charge is 0.341 e. The molecule has 0 radical (unpaired) electrons. The Morgan fingerprint density at radius 3 is 2.48 bits per heavy atom. The zero-order valence-corrected chi connectivity index (χ0v) is 17.4. The highest BCUT2D eigenvalue weighted by atomic mass is 32.2. The number of piperazine rings is 1. The van der Waals surface area contributed by atoms with E-state index in [-0.39, 0.29) is 5.91 Å². The van der Waals surface area contributed by atoms with Gasteiger partial charge in [-0.15, -0.1) is 11.3 Å². The minimum absolute atomic E-state index is 0.216. The Kier molecular flexibility index (Phi) is 5.87. The van der Waals surface area contributed by atoms with Crippen LogP contribution in [0, 0.1) is 11.8 Å². The second kappa shape index (κ2) is 8.19. The third-order valence-electron chi connectivity index (χ3n) is 6.42. The van der Waals surface area contributed by atoms with Gasteiger partial charge in [0.2, 0.25) is 5.91 Å². The van der Waals surface area contributed by atoms with Gasteiger partial charge in [-0.25, -0.2) is 8.42 Å². The molecule has 6 nitrogen and oxygen atoms in total. The maximum Gasteiger partial charge on any atom is 0.252 e. The fourth-order valence-corrected chi connectivity index (χ4v) is 7.35. The fraction of sp³-hybridized carbons (Fsp3) is 0.737. The summed E-state index contributed by atoms with van der Waals surface area (Å²) in [5.41, 5.74) is 0. The van der Waals surface area contributed by atoms with E-state index >= 15 is 0 Å². The number of nitrogens with zero attached hydrogens (tertiary/aromatic N) is 3. The molecule has 2 atom stereocenters. The van der Waals surface area contributed by atoms with Crippen molar-refractivity contribution in [2.45, 2.75) is 36.3 Å². The van der Waals surface area contributed by atoms with Crippen molar-refractivity contribution in [3.63, 3.8) is 0 Å². The fourth-order valence-electron chi connectivity index (χ4n) is 4.78. The number of carbonyl (C=O) groups excluding carboxylic acids is 1. The van der Waals surface area contributed by atoms with E-state index in [1.54, 1.807) is 21.8 Å². The van der Waals surface area contributed by atoms with Crippen LogP contribution in [0.25, 0.3) is 0 Å². The number of fused-ring (bicyclic) bond motifs is 1. The van der Waals surface area contributed by atoms with Crippen molar-refractivity contribution >= 4 is 27.3 Å². The highest BCUT2D eigenvalue weighted by molar-refractivity contribution is 7.91. The normalized spacial score (nSPS) is 28.1. The quantitative estimate of drug-likeness (QED) is 0.761. The van der Waals surface area contributed by atoms with Gasteiger partial charge in [-0.05, 0) is 36.1 Å². The molecule has 0 aromatic carbocycles. The van der Waals surface area contributed by atoms with E-state index in [9.17, 15) is 13.2 Å². The topological polar surface area (TPSA) is 60.9 Å². The molecule has 2 saturated heterocycles. The number of hydrogen-bond acceptors (Lipinski definition) is 5. The van der Waals surface area contributed by atoms with Crippen molar-refractivity contribution in [1.82, 2.24) is 14.1 Å². The molecule has 0 N–H and O–H groups in total. The van der Waals surface area contributed by atoms with Crippen LogP contribution in [0.15, 0.2) is 21.7 Å². The third-order valence-corrected chi connectivity index (χ3v) is 9.69. The van der Waals surface area contributed by atoms with Crippen molar-refractivity contribution in [2.24, 2.45) is 11.8 Å². The van der Waals surface area contributed by atoms with E-state index in [1.807, 2.05) is 0 Å². The van der Waals surface area contributed by atoms with Gasteiger partial charge in [-0.1, -0.05) is 25.3 Å². The van der Waals surface area contributed by atoms with Gasteiger partial charge in [-0.2, -0.15) is 4.31 Å². The van der Waals surface area contributed by atoms with Crippen LogP contribution in [-0.2, 0) is 14.8 Å². The van der Waals surface area contributed by atoms with Gasteiger partial charge >= 0.3 is 0 Å². The number of carbonyl (C=O) groups is 1. The minimum atomic E-state index is -3.37. The molecule has 1 saturated carbocycles. The van der Waals surface area contributed by atoms with Crippen LogP contribution in [0.5, 0.6) is 0 Å². The molecule has 27 heavy (non-hydrogen) atoms. The molecule has 1 aromatic heterocycles. The molecular formula is C19H29N3O3S2. The summed E-state index contributed by atoms with van der Waals surface area (Å²) in [6, 6.07) is 3.42. The average Bonchev–Trinajstić information content (AvgIpc) is 3.24. The Labute approximate surface area is 166 Å². The van der Waals surface area contributed by atoms with Crippen molar-refractivity contribution in [3.8, 4) is 0 Å². The number of likely N-dealkylation sites (tertiary alicyclic amines) is 1. The molecule has 0 unspecified atom stereocenters. The lowest BCUT2D eigenvalue weighted by Crippen LogP contribution is -2.53. The number of rotatable bonds is 4. The standard InChI is InChI=1S/C19H29N3O3S2/c23-18(21-8-7-16-4-1-2-5-17(16)14-21)15-20-9-11-22(12-10-20)27(24,25)19-6-3-13-26-19/h3,6,13,16-17H,1-2,4-5,7-12,14-15H2/t16-,17+/m1/s1. The summed E-state index contributed by atoms with van der Waals surface area (Å²) in [6.45, 7) is 4.40. The number of amides is 1. The zero-order valence-electron chi connectivity index (χ0n) is 15.8. The molecule has 150 valence electrons. The van der Waals surface area contributed by atoms with E-state index in [2.05, 4.69) is 9.80 Å². The Morgan fingerprint density at radius 2 is 1.78 bits per heavy atom. The first kappa shape index (κ1) is 19.4. The number of sulfonamides is 1. The minimum Gasteiger partial charge on any atom is -0.341 e. The Balaban J connectivity index is 1.27. The predicted octanol–water partition coefficient (Wildman–Crippen LogP) is 2.09. The average molecular weight is 412 g/mol. The molecule has 3 heterocycles. The van der Waals surface area contributed by atoms with Crippen molar-refractivity contribution in [2.75, 3.05) is 45.8 Å². The highest BCUT2D eigenvalue weighted by Gasteiger charge is 2.34. The van der Waals surface area contributed by atoms with Crippen LogP contribution in [0.2, 0.25) is 0 Å². The Hall–Kier alpha value is -0.960. The summed E-state index contributed by atoms with van der Waals surface area (Å²) in [5.74, 6) is 1.74. The second-order valence-electron chi connectivity index (χ2n) is 8.05. The van der Waals surface area contributed by atoms with E-state index < -0.39 is 10.0 Å². The molecule has 8 heteroatoms. The SMILES string of the molecule is O=C(CN1CCN(S(=O)(=O)c2cccs2)CC1)N1CC[C@H]2CCCC[C@H]2C1. The van der Waals surface area contributed by atoms with E-state index in [1.165, 1.54) is 37.0 Å². The van der Waals surface area contributed by atoms with Gasteiger partial charge in [0.25, 0.3) is 10.0 Å². The number of hydrogen-bond donors (Lipinski definition) is 0. The van der Waals surface area contributed by atoms with Gasteiger partial charge in [0.15, 0.2) is 0 Å². The van der Waals surface area contributed by atoms with Crippen molar-refractivity contribution < 1.29 is 13.2 Å². The molecular weight excluding hydrogens is 382 g/mol. The van der Waals surface area contributed by atoms with Crippen molar-refractivity contribution in [1.29, 1.82) is 0 Å². The molecule has 2 aliphatic heterocycles. The third kappa shape index (κ3) is 4.23. The molecule has 0 bridgehead atoms. The first-order valence-corrected chi connectivity index (χ1v) is 12.4. The molecule has 1 aromatic rings. The van der Waals surface area contributed by atoms with Crippen LogP contribution in [-0.4, -0.2) is 74.2 Å². The van der Waals surface area contributed by atoms with Gasteiger partial charge < -0.3 is 4.90 Å². The van der Waals surface area contributed by atoms with Gasteiger partial charge in [0.05, 0.1) is 6.54 Å². The van der Waals surface area contributed by atoms with Gasteiger partial charge in [0.1, 0.15) is 4.21 Å². The van der Waals surface area contributed by atoms with Gasteiger partial charge in [0, 0.05) is 39.3 Å². The molecule has 4 rings (SSSR count). The monoisotopic (exact) mass is 411 g/mol. The summed E-state index contributed by atoms with van der Waals surface area (Å²) in [7, 11) is -3.37. The van der Waals surface area contributed by atoms with Crippen LogP contribution in [0.3, 0.4) is 0 Å². The highest BCUT2D eigenvalue weighted by Crippen LogP contribution is 2.36. The summed E-state index contributed by atoms with van der Waals surface area (Å²) >= 11 is 1.26. The van der Waals surface area contributed by atoms with Gasteiger partial charge in [-0.3, -0.25) is 9.69 Å². The second-order valence-corrected chi connectivity index (χ2v) is 11.2. The lowest BCUT2D eigenvalue weighted by Gasteiger charge is -2.42. The maximum absolute atomic E-state index is 12.8. The Morgan fingerprint density at radius 1 is 1.04 bits per heavy atom. The first-order chi connectivity index (χ1) is 13.0. The summed E-state index contributed by atoms with van der Waals surface area (Å²) in [6.07, 6.45) is 6.43. The maximum atomic E-state index is 12.8.